The van der Waals surface area contributed by atoms with Crippen LogP contribution >= 0.6 is 45.8 Å². The van der Waals surface area contributed by atoms with Crippen molar-refractivity contribution in [3.63, 3.8) is 0 Å². The average molecular weight is 911 g/mol. The zero-order valence-electron chi connectivity index (χ0n) is 31.0. The number of rotatable bonds is 18. The number of amidine groups is 1. The normalized spacial score (nSPS) is 17.1. The van der Waals surface area contributed by atoms with Crippen LogP contribution in [-0.2, 0) is 23.8 Å². The van der Waals surface area contributed by atoms with Crippen molar-refractivity contribution in [2.75, 3.05) is 77.5 Å². The molecule has 5 rings (SSSR count). The number of carbonyl (C=O) groups is 3. The number of hydrogen-bond acceptors (Lipinski definition) is 9. The van der Waals surface area contributed by atoms with Gasteiger partial charge in [-0.05, 0) is 61.4 Å². The summed E-state index contributed by atoms with van der Waals surface area (Å²) in [6.07, 6.45) is -0.193. The summed E-state index contributed by atoms with van der Waals surface area (Å²) in [5.41, 5.74) is 2.20. The quantitative estimate of drug-likeness (QED) is 0.0914. The van der Waals surface area contributed by atoms with E-state index in [4.69, 9.17) is 51.9 Å². The standard InChI is InChI=1S/C39H46Cl2IN5O8/c1-26(2)55-33-22-31(51-3)12-13-32(33)38-44-36(27-4-8-29(40)9-5-27)37(28-6-10-30(41)11-7-28)47(38)39(50)46-16-15-45(35(49)24-46)23-34(48)43-14-17-52-18-19-53-20-21-54-25-42/h4-13,22,26,36-37H,14-21,23-25H2,1-3H3,(H,43,48)/t36-,37+/m0/s1. The van der Waals surface area contributed by atoms with Crippen LogP contribution < -0.4 is 14.8 Å². The second-order valence-electron chi connectivity index (χ2n) is 13.0. The van der Waals surface area contributed by atoms with Gasteiger partial charge in [-0.15, -0.1) is 0 Å². The van der Waals surface area contributed by atoms with Crippen LogP contribution in [0.2, 0.25) is 10.0 Å². The first kappa shape index (κ1) is 42.5. The number of alkyl halides is 1. The van der Waals surface area contributed by atoms with E-state index >= 15 is 0 Å². The fourth-order valence-corrected chi connectivity index (χ4v) is 6.76. The molecule has 1 fully saturated rings. The van der Waals surface area contributed by atoms with Crippen LogP contribution in [0.25, 0.3) is 0 Å². The largest absolute Gasteiger partial charge is 0.497 e. The summed E-state index contributed by atoms with van der Waals surface area (Å²) < 4.78 is 28.5. The lowest BCUT2D eigenvalue weighted by atomic mass is 9.93. The molecule has 1 saturated heterocycles. The first-order valence-corrected chi connectivity index (χ1v) is 20.2. The Morgan fingerprint density at radius 2 is 1.53 bits per heavy atom. The number of nitrogens with zero attached hydrogens (tertiary/aromatic N) is 4. The van der Waals surface area contributed by atoms with Gasteiger partial charge >= 0.3 is 6.03 Å². The highest BCUT2D eigenvalue weighted by Crippen LogP contribution is 2.46. The van der Waals surface area contributed by atoms with E-state index in [1.807, 2.05) is 44.2 Å². The van der Waals surface area contributed by atoms with E-state index in [1.54, 1.807) is 48.4 Å². The van der Waals surface area contributed by atoms with Crippen molar-refractivity contribution in [2.24, 2.45) is 4.99 Å². The Kier molecular flexibility index (Phi) is 16.2. The second-order valence-corrected chi connectivity index (χ2v) is 14.5. The molecule has 0 spiro atoms. The number of nitrogens with one attached hydrogen (secondary N) is 1. The zero-order chi connectivity index (χ0) is 39.3. The molecule has 55 heavy (non-hydrogen) atoms. The number of carbonyl (C=O) groups excluding carboxylic acids is 3. The summed E-state index contributed by atoms with van der Waals surface area (Å²) in [5, 5.41) is 3.90. The average Bonchev–Trinajstić information content (AvgIpc) is 3.56. The highest BCUT2D eigenvalue weighted by atomic mass is 127. The van der Waals surface area contributed by atoms with Gasteiger partial charge in [-0.1, -0.05) is 70.1 Å². The van der Waals surface area contributed by atoms with Gasteiger partial charge in [0.1, 0.15) is 29.9 Å². The van der Waals surface area contributed by atoms with Gasteiger partial charge in [-0.3, -0.25) is 19.5 Å². The van der Waals surface area contributed by atoms with Gasteiger partial charge in [0, 0.05) is 35.7 Å². The predicted octanol–water partition coefficient (Wildman–Crippen LogP) is 6.16. The van der Waals surface area contributed by atoms with Crippen molar-refractivity contribution in [1.29, 1.82) is 0 Å². The molecule has 3 aromatic carbocycles. The minimum atomic E-state index is -0.627. The fourth-order valence-electron chi connectivity index (χ4n) is 6.20. The lowest BCUT2D eigenvalue weighted by Gasteiger charge is -2.38. The van der Waals surface area contributed by atoms with Gasteiger partial charge in [0.25, 0.3) is 0 Å². The molecule has 0 radical (unpaired) electrons. The first-order chi connectivity index (χ1) is 26.6. The SMILES string of the molecule is COc1ccc(C2=N[C@@H](c3ccc(Cl)cc3)[C@@H](c3ccc(Cl)cc3)N2C(=O)N2CCN(CC(=O)NCCOCCOCCOCI)C(=O)C2)c(OC(C)C)c1. The number of halogens is 3. The topological polar surface area (TPSA) is 131 Å². The summed E-state index contributed by atoms with van der Waals surface area (Å²) in [7, 11) is 1.57. The van der Waals surface area contributed by atoms with Gasteiger partial charge in [0.2, 0.25) is 11.8 Å². The molecule has 2 aliphatic rings. The maximum Gasteiger partial charge on any atom is 0.326 e. The molecule has 3 aromatic rings. The monoisotopic (exact) mass is 909 g/mol. The molecule has 0 saturated carbocycles. The van der Waals surface area contributed by atoms with Crippen LogP contribution in [0.4, 0.5) is 4.79 Å². The third kappa shape index (κ3) is 11.7. The van der Waals surface area contributed by atoms with Crippen LogP contribution in [0, 0.1) is 0 Å². The zero-order valence-corrected chi connectivity index (χ0v) is 34.7. The molecule has 2 atom stereocenters. The highest BCUT2D eigenvalue weighted by molar-refractivity contribution is 14.1. The van der Waals surface area contributed by atoms with Crippen LogP contribution in [0.1, 0.15) is 42.6 Å². The van der Waals surface area contributed by atoms with E-state index in [0.717, 1.165) is 11.1 Å². The molecule has 16 heteroatoms. The van der Waals surface area contributed by atoms with Gasteiger partial charge in [0.15, 0.2) is 0 Å². The summed E-state index contributed by atoms with van der Waals surface area (Å²) in [6, 6.07) is 18.4. The van der Waals surface area contributed by atoms with Crippen LogP contribution in [0.5, 0.6) is 11.5 Å². The first-order valence-electron chi connectivity index (χ1n) is 17.9. The Morgan fingerprint density at radius 1 is 0.891 bits per heavy atom. The molecule has 296 valence electrons. The summed E-state index contributed by atoms with van der Waals surface area (Å²) >= 11 is 14.7. The molecule has 0 bridgehead atoms. The van der Waals surface area contributed by atoms with Crippen LogP contribution in [0.15, 0.2) is 71.7 Å². The summed E-state index contributed by atoms with van der Waals surface area (Å²) in [4.78, 5) is 50.9. The number of urea groups is 1. The van der Waals surface area contributed by atoms with Crippen molar-refractivity contribution in [3.05, 3.63) is 93.5 Å². The van der Waals surface area contributed by atoms with Crippen molar-refractivity contribution >= 4 is 69.5 Å². The third-order valence-corrected chi connectivity index (χ3v) is 9.75. The number of aliphatic imine (C=N–C) groups is 1. The summed E-state index contributed by atoms with van der Waals surface area (Å²) in [5.74, 6) is 0.773. The third-order valence-electron chi connectivity index (χ3n) is 8.80. The van der Waals surface area contributed by atoms with E-state index in [9.17, 15) is 14.4 Å². The molecule has 2 heterocycles. The predicted molar refractivity (Wildman–Crippen MR) is 219 cm³/mol. The Hall–Kier alpha value is -3.67. The molecule has 0 unspecified atom stereocenters. The van der Waals surface area contributed by atoms with Crippen LogP contribution in [0.3, 0.4) is 0 Å². The lowest BCUT2D eigenvalue weighted by Crippen LogP contribution is -2.57. The van der Waals surface area contributed by atoms with E-state index < -0.39 is 18.1 Å². The van der Waals surface area contributed by atoms with Gasteiger partial charge < -0.3 is 38.8 Å². The van der Waals surface area contributed by atoms with Gasteiger partial charge in [-0.25, -0.2) is 4.79 Å². The highest BCUT2D eigenvalue weighted by Gasteiger charge is 2.45. The van der Waals surface area contributed by atoms with E-state index in [0.29, 0.717) is 70.6 Å². The second kappa shape index (κ2) is 21.0. The Morgan fingerprint density at radius 3 is 2.15 bits per heavy atom. The molecule has 1 N–H and O–H groups in total. The molecule has 2 aliphatic heterocycles. The number of ether oxygens (including phenoxy) is 5. The number of benzene rings is 3. The maximum atomic E-state index is 14.9. The van der Waals surface area contributed by atoms with Crippen molar-refractivity contribution in [3.8, 4) is 11.5 Å². The van der Waals surface area contributed by atoms with Gasteiger partial charge in [-0.2, -0.15) is 0 Å². The summed E-state index contributed by atoms with van der Waals surface area (Å²) in [6.45, 7) is 6.27. The molecule has 0 aromatic heterocycles. The number of hydrogen-bond donors (Lipinski definition) is 1. The minimum absolute atomic E-state index is 0.134. The van der Waals surface area contributed by atoms with E-state index in [2.05, 4.69) is 27.9 Å². The molecule has 0 aliphatic carbocycles. The molecular weight excluding hydrogens is 864 g/mol. The number of methoxy groups -OCH3 is 1. The van der Waals surface area contributed by atoms with Crippen molar-refractivity contribution < 1.29 is 38.1 Å². The number of amides is 4. The smallest absolute Gasteiger partial charge is 0.326 e. The van der Waals surface area contributed by atoms with Crippen molar-refractivity contribution in [2.45, 2.75) is 32.0 Å². The Balaban J connectivity index is 1.34. The van der Waals surface area contributed by atoms with E-state index in [1.165, 1.54) is 9.80 Å². The molecule has 4 amide bonds. The van der Waals surface area contributed by atoms with Gasteiger partial charge in [0.05, 0.1) is 69.0 Å². The minimum Gasteiger partial charge on any atom is -0.497 e. The molecule has 13 nitrogen and oxygen atoms in total. The van der Waals surface area contributed by atoms with E-state index in [-0.39, 0.29) is 50.6 Å². The van der Waals surface area contributed by atoms with Crippen LogP contribution in [-0.4, -0.2) is 122 Å². The number of piperazine rings is 1. The maximum absolute atomic E-state index is 14.9. The lowest BCUT2D eigenvalue weighted by molar-refractivity contribution is -0.139. The Bertz CT molecular complexity index is 1780. The fraction of sp³-hybridized carbons (Fsp3) is 0.436. The molecular formula is C39H46Cl2IN5O8. The van der Waals surface area contributed by atoms with Crippen molar-refractivity contribution in [1.82, 2.24) is 20.0 Å². The Labute approximate surface area is 345 Å².